The molecule has 0 aliphatic heterocycles. The molecule has 1 heterocycles. The lowest BCUT2D eigenvalue weighted by molar-refractivity contribution is -0.384. The van der Waals surface area contributed by atoms with Crippen molar-refractivity contribution in [3.8, 4) is 11.4 Å². The Kier molecular flexibility index (Phi) is 4.99. The van der Waals surface area contributed by atoms with E-state index < -0.39 is 4.92 Å². The van der Waals surface area contributed by atoms with Crippen LogP contribution in [0.25, 0.3) is 11.4 Å². The fraction of sp³-hybridized carbons (Fsp3) is 0.429. The van der Waals surface area contributed by atoms with E-state index in [4.69, 9.17) is 4.52 Å². The largest absolute Gasteiger partial charge is 0.339 e. The van der Waals surface area contributed by atoms with Gasteiger partial charge in [-0.25, -0.2) is 0 Å². The molecule has 7 nitrogen and oxygen atoms in total. The summed E-state index contributed by atoms with van der Waals surface area (Å²) in [5.41, 5.74) is 0.341. The van der Waals surface area contributed by atoms with E-state index in [1.807, 2.05) is 6.92 Å². The van der Waals surface area contributed by atoms with Crippen molar-refractivity contribution in [1.82, 2.24) is 15.5 Å². The highest BCUT2D eigenvalue weighted by Crippen LogP contribution is 2.27. The Bertz CT molecular complexity index is 612. The Morgan fingerprint density at radius 2 is 2.19 bits per heavy atom. The summed E-state index contributed by atoms with van der Waals surface area (Å²) in [4.78, 5) is 14.8. The lowest BCUT2D eigenvalue weighted by atomic mass is 10.1. The summed E-state index contributed by atoms with van der Waals surface area (Å²) in [5, 5.41) is 18.2. The monoisotopic (exact) mass is 290 g/mol. The van der Waals surface area contributed by atoms with Gasteiger partial charge in [-0.05, 0) is 26.0 Å². The lowest BCUT2D eigenvalue weighted by Crippen LogP contribution is -2.28. The van der Waals surface area contributed by atoms with E-state index in [9.17, 15) is 10.1 Å². The molecule has 1 aromatic carbocycles. The molecule has 0 saturated heterocycles. The predicted molar refractivity (Wildman–Crippen MR) is 77.8 cm³/mol. The second-order valence-electron chi connectivity index (χ2n) is 4.85. The molecular weight excluding hydrogens is 272 g/mol. The summed E-state index contributed by atoms with van der Waals surface area (Å²) in [5.74, 6) is 0.722. The van der Waals surface area contributed by atoms with Crippen LogP contribution in [0.4, 0.5) is 5.69 Å². The fourth-order valence-corrected chi connectivity index (χ4v) is 1.99. The molecule has 0 aliphatic carbocycles. The number of hydrogen-bond donors (Lipinski definition) is 1. The van der Waals surface area contributed by atoms with E-state index >= 15 is 0 Å². The smallest absolute Gasteiger partial charge is 0.280 e. The van der Waals surface area contributed by atoms with Crippen LogP contribution in [-0.2, 0) is 6.42 Å². The number of benzene rings is 1. The topological polar surface area (TPSA) is 94.1 Å². The standard InChI is InChI=1S/C14H18N4O3/c1-3-8-15-10(2)9-13-16-14(17-21-13)11-6-4-5-7-12(11)18(19)20/h4-7,10,15H,3,8-9H2,1-2H3. The number of nitro benzene ring substituents is 1. The van der Waals surface area contributed by atoms with Crippen LogP contribution in [0.15, 0.2) is 28.8 Å². The van der Waals surface area contributed by atoms with Gasteiger partial charge in [0.05, 0.1) is 4.92 Å². The van der Waals surface area contributed by atoms with Crippen molar-refractivity contribution < 1.29 is 9.45 Å². The number of aromatic nitrogens is 2. The van der Waals surface area contributed by atoms with Gasteiger partial charge in [-0.1, -0.05) is 24.2 Å². The molecule has 1 atom stereocenters. The first-order chi connectivity index (χ1) is 10.1. The first kappa shape index (κ1) is 15.1. The quantitative estimate of drug-likeness (QED) is 0.622. The summed E-state index contributed by atoms with van der Waals surface area (Å²) in [6.45, 7) is 5.05. The van der Waals surface area contributed by atoms with Gasteiger partial charge in [0.15, 0.2) is 0 Å². The third-order valence-electron chi connectivity index (χ3n) is 3.03. The molecule has 0 spiro atoms. The van der Waals surface area contributed by atoms with E-state index in [1.54, 1.807) is 18.2 Å². The molecule has 1 unspecified atom stereocenters. The number of para-hydroxylation sites is 1. The molecule has 7 heteroatoms. The fourth-order valence-electron chi connectivity index (χ4n) is 1.99. The second-order valence-corrected chi connectivity index (χ2v) is 4.85. The molecule has 1 aromatic heterocycles. The molecule has 1 N–H and O–H groups in total. The maximum atomic E-state index is 11.0. The van der Waals surface area contributed by atoms with Crippen LogP contribution in [0, 0.1) is 10.1 Å². The molecule has 21 heavy (non-hydrogen) atoms. The minimum absolute atomic E-state index is 0.0259. The zero-order valence-electron chi connectivity index (χ0n) is 12.1. The average Bonchev–Trinajstić information content (AvgIpc) is 2.93. The van der Waals surface area contributed by atoms with Gasteiger partial charge in [-0.2, -0.15) is 4.98 Å². The van der Waals surface area contributed by atoms with Gasteiger partial charge in [0, 0.05) is 18.5 Å². The minimum Gasteiger partial charge on any atom is -0.339 e. The number of rotatable bonds is 7. The van der Waals surface area contributed by atoms with Crippen LogP contribution in [0.1, 0.15) is 26.2 Å². The molecule has 112 valence electrons. The zero-order chi connectivity index (χ0) is 15.2. The first-order valence-electron chi connectivity index (χ1n) is 6.91. The lowest BCUT2D eigenvalue weighted by Gasteiger charge is -2.09. The van der Waals surface area contributed by atoms with Crippen molar-refractivity contribution in [2.75, 3.05) is 6.54 Å². The van der Waals surface area contributed by atoms with Crippen molar-refractivity contribution in [3.63, 3.8) is 0 Å². The zero-order valence-corrected chi connectivity index (χ0v) is 12.1. The van der Waals surface area contributed by atoms with Crippen LogP contribution >= 0.6 is 0 Å². The summed E-state index contributed by atoms with van der Waals surface area (Å²) in [6.07, 6.45) is 1.64. The van der Waals surface area contributed by atoms with Crippen molar-refractivity contribution >= 4 is 5.69 Å². The Balaban J connectivity index is 2.15. The van der Waals surface area contributed by atoms with Crippen LogP contribution < -0.4 is 5.32 Å². The van der Waals surface area contributed by atoms with Gasteiger partial charge in [-0.3, -0.25) is 10.1 Å². The Hall–Kier alpha value is -2.28. The van der Waals surface area contributed by atoms with Crippen molar-refractivity contribution in [2.45, 2.75) is 32.7 Å². The summed E-state index contributed by atoms with van der Waals surface area (Å²) >= 11 is 0. The van der Waals surface area contributed by atoms with E-state index in [0.717, 1.165) is 13.0 Å². The van der Waals surface area contributed by atoms with Crippen LogP contribution in [0.3, 0.4) is 0 Å². The molecular formula is C14H18N4O3. The molecule has 0 saturated carbocycles. The normalized spacial score (nSPS) is 12.3. The van der Waals surface area contributed by atoms with E-state index in [1.165, 1.54) is 6.07 Å². The Morgan fingerprint density at radius 3 is 2.90 bits per heavy atom. The van der Waals surface area contributed by atoms with Crippen LogP contribution in [0.5, 0.6) is 0 Å². The SMILES string of the molecule is CCCNC(C)Cc1nc(-c2ccccc2[N+](=O)[O-])no1. The maximum Gasteiger partial charge on any atom is 0.280 e. The van der Waals surface area contributed by atoms with Crippen molar-refractivity contribution in [1.29, 1.82) is 0 Å². The number of nitrogens with one attached hydrogen (secondary N) is 1. The Morgan fingerprint density at radius 1 is 1.43 bits per heavy atom. The highest BCUT2D eigenvalue weighted by molar-refractivity contribution is 5.67. The van der Waals surface area contributed by atoms with E-state index in [-0.39, 0.29) is 17.6 Å². The third kappa shape index (κ3) is 3.85. The van der Waals surface area contributed by atoms with Crippen LogP contribution in [0.2, 0.25) is 0 Å². The summed E-state index contributed by atoms with van der Waals surface area (Å²) in [6, 6.07) is 6.58. The van der Waals surface area contributed by atoms with Gasteiger partial charge >= 0.3 is 0 Å². The van der Waals surface area contributed by atoms with Crippen molar-refractivity contribution in [2.24, 2.45) is 0 Å². The van der Waals surface area contributed by atoms with Gasteiger partial charge < -0.3 is 9.84 Å². The van der Waals surface area contributed by atoms with E-state index in [2.05, 4.69) is 22.4 Å². The third-order valence-corrected chi connectivity index (χ3v) is 3.03. The summed E-state index contributed by atoms with van der Waals surface area (Å²) < 4.78 is 5.18. The molecule has 2 rings (SSSR count). The minimum atomic E-state index is -0.448. The highest BCUT2D eigenvalue weighted by Gasteiger charge is 2.19. The Labute approximate surface area is 122 Å². The first-order valence-corrected chi connectivity index (χ1v) is 6.91. The second kappa shape index (κ2) is 6.94. The van der Waals surface area contributed by atoms with Gasteiger partial charge in [0.1, 0.15) is 5.56 Å². The molecule has 0 radical (unpaired) electrons. The van der Waals surface area contributed by atoms with Gasteiger partial charge in [0.25, 0.3) is 5.69 Å². The van der Waals surface area contributed by atoms with Gasteiger partial charge in [-0.15, -0.1) is 0 Å². The van der Waals surface area contributed by atoms with Gasteiger partial charge in [0.2, 0.25) is 11.7 Å². The highest BCUT2D eigenvalue weighted by atomic mass is 16.6. The van der Waals surface area contributed by atoms with Crippen LogP contribution in [-0.4, -0.2) is 27.7 Å². The number of nitrogens with zero attached hydrogens (tertiary/aromatic N) is 3. The molecule has 0 fully saturated rings. The molecule has 2 aromatic rings. The summed E-state index contributed by atoms with van der Waals surface area (Å²) in [7, 11) is 0. The average molecular weight is 290 g/mol. The molecule has 0 amide bonds. The van der Waals surface area contributed by atoms with Crippen molar-refractivity contribution in [3.05, 3.63) is 40.3 Å². The van der Waals surface area contributed by atoms with E-state index in [0.29, 0.717) is 17.9 Å². The number of hydrogen-bond acceptors (Lipinski definition) is 6. The predicted octanol–water partition coefficient (Wildman–Crippen LogP) is 2.58. The molecule has 0 bridgehead atoms. The number of nitro groups is 1. The molecule has 0 aliphatic rings. The maximum absolute atomic E-state index is 11.0.